The van der Waals surface area contributed by atoms with E-state index in [4.69, 9.17) is 5.73 Å². The fourth-order valence-corrected chi connectivity index (χ4v) is 2.27. The van der Waals surface area contributed by atoms with Gasteiger partial charge in [0.25, 0.3) is 0 Å². The van der Waals surface area contributed by atoms with Crippen LogP contribution >= 0.6 is 0 Å². The third-order valence-corrected chi connectivity index (χ3v) is 3.31. The summed E-state index contributed by atoms with van der Waals surface area (Å²) in [5.41, 5.74) is 7.56. The van der Waals surface area contributed by atoms with Crippen molar-refractivity contribution in [1.29, 1.82) is 0 Å². The largest absolute Gasteiger partial charge is 0.350 e. The van der Waals surface area contributed by atoms with E-state index in [2.05, 4.69) is 19.1 Å². The first-order chi connectivity index (χ1) is 7.59. The minimum absolute atomic E-state index is 0.123. The maximum atomic E-state index is 10.7. The molecule has 1 aromatic carbocycles. The Morgan fingerprint density at radius 1 is 1.44 bits per heavy atom. The van der Waals surface area contributed by atoms with Crippen LogP contribution in [0.5, 0.6) is 0 Å². The first-order valence-corrected chi connectivity index (χ1v) is 5.42. The Hall–Kier alpha value is -1.55. The number of hydrogen-bond acceptors (Lipinski definition) is 2. The number of amides is 2. The van der Waals surface area contributed by atoms with Crippen LogP contribution in [-0.4, -0.2) is 22.3 Å². The summed E-state index contributed by atoms with van der Waals surface area (Å²) < 4.78 is 0. The van der Waals surface area contributed by atoms with Gasteiger partial charge in [-0.25, -0.2) is 9.86 Å². The van der Waals surface area contributed by atoms with Crippen molar-refractivity contribution in [3.05, 3.63) is 35.4 Å². The Morgan fingerprint density at radius 2 is 2.06 bits per heavy atom. The fourth-order valence-electron chi connectivity index (χ4n) is 2.27. The molecule has 0 spiro atoms. The maximum absolute atomic E-state index is 10.7. The van der Waals surface area contributed by atoms with Crippen molar-refractivity contribution in [3.63, 3.8) is 0 Å². The lowest BCUT2D eigenvalue weighted by molar-refractivity contribution is -0.102. The molecule has 1 aromatic rings. The van der Waals surface area contributed by atoms with Crippen molar-refractivity contribution >= 4 is 6.03 Å². The van der Waals surface area contributed by atoms with Crippen molar-refractivity contribution in [2.24, 2.45) is 5.73 Å². The summed E-state index contributed by atoms with van der Waals surface area (Å²) in [4.78, 5) is 10.7. The molecule has 4 heteroatoms. The standard InChI is InChI=1S/C12H16N2O2/c1-8-4-2-3-5-11(8)9-6-10(7-9)14(16)12(13)15/h2-5,9-10,16H,6-7H2,1H3,(H2,13,15). The van der Waals surface area contributed by atoms with Gasteiger partial charge in [-0.05, 0) is 36.8 Å². The quantitative estimate of drug-likeness (QED) is 0.591. The molecule has 1 aliphatic carbocycles. The zero-order valence-corrected chi connectivity index (χ0v) is 9.26. The number of rotatable bonds is 2. The third kappa shape index (κ3) is 1.88. The number of urea groups is 1. The molecule has 0 unspecified atom stereocenters. The second kappa shape index (κ2) is 4.14. The number of primary amides is 1. The molecule has 4 nitrogen and oxygen atoms in total. The summed E-state index contributed by atoms with van der Waals surface area (Å²) >= 11 is 0. The first-order valence-electron chi connectivity index (χ1n) is 5.42. The van der Waals surface area contributed by atoms with Gasteiger partial charge in [-0.3, -0.25) is 5.21 Å². The molecule has 16 heavy (non-hydrogen) atoms. The van der Waals surface area contributed by atoms with E-state index in [1.807, 2.05) is 12.1 Å². The molecule has 1 saturated carbocycles. The summed E-state index contributed by atoms with van der Waals surface area (Å²) in [6.45, 7) is 2.08. The predicted molar refractivity (Wildman–Crippen MR) is 60.2 cm³/mol. The number of nitrogens with two attached hydrogens (primary N) is 1. The van der Waals surface area contributed by atoms with Crippen LogP contribution in [0.1, 0.15) is 29.9 Å². The molecule has 0 atom stereocenters. The SMILES string of the molecule is Cc1ccccc1C1CC(N(O)C(N)=O)C1. The average Bonchev–Trinajstić information content (AvgIpc) is 2.18. The molecule has 86 valence electrons. The van der Waals surface area contributed by atoms with Gasteiger partial charge in [0.1, 0.15) is 0 Å². The van der Waals surface area contributed by atoms with E-state index in [-0.39, 0.29) is 6.04 Å². The maximum Gasteiger partial charge on any atom is 0.338 e. The van der Waals surface area contributed by atoms with E-state index in [1.165, 1.54) is 11.1 Å². The number of benzene rings is 1. The van der Waals surface area contributed by atoms with Crippen molar-refractivity contribution in [1.82, 2.24) is 5.06 Å². The summed E-state index contributed by atoms with van der Waals surface area (Å²) in [7, 11) is 0. The van der Waals surface area contributed by atoms with Gasteiger partial charge in [0.05, 0.1) is 6.04 Å². The minimum Gasteiger partial charge on any atom is -0.350 e. The van der Waals surface area contributed by atoms with Crippen LogP contribution in [0.3, 0.4) is 0 Å². The molecular weight excluding hydrogens is 204 g/mol. The lowest BCUT2D eigenvalue weighted by Crippen LogP contribution is -2.47. The van der Waals surface area contributed by atoms with Gasteiger partial charge in [-0.2, -0.15) is 0 Å². The number of carbonyl (C=O) groups excluding carboxylic acids is 1. The predicted octanol–water partition coefficient (Wildman–Crippen LogP) is 2.01. The smallest absolute Gasteiger partial charge is 0.338 e. The highest BCUT2D eigenvalue weighted by atomic mass is 16.5. The molecule has 0 heterocycles. The van der Waals surface area contributed by atoms with Crippen molar-refractivity contribution in [2.75, 3.05) is 0 Å². The second-order valence-corrected chi connectivity index (χ2v) is 4.36. The fraction of sp³-hybridized carbons (Fsp3) is 0.417. The summed E-state index contributed by atoms with van der Waals surface area (Å²) in [6, 6.07) is 7.31. The van der Waals surface area contributed by atoms with Crippen molar-refractivity contribution in [2.45, 2.75) is 31.7 Å². The molecule has 2 rings (SSSR count). The van der Waals surface area contributed by atoms with Gasteiger partial charge in [0.15, 0.2) is 0 Å². The molecule has 3 N–H and O–H groups in total. The van der Waals surface area contributed by atoms with E-state index in [9.17, 15) is 10.0 Å². The molecule has 0 radical (unpaired) electrons. The molecule has 2 amide bonds. The Labute approximate surface area is 94.6 Å². The molecule has 1 fully saturated rings. The van der Waals surface area contributed by atoms with Crippen LogP contribution in [0.15, 0.2) is 24.3 Å². The van der Waals surface area contributed by atoms with Crippen LogP contribution in [0.25, 0.3) is 0 Å². The Kier molecular flexibility index (Phi) is 2.83. The molecule has 0 aromatic heterocycles. The normalized spacial score (nSPS) is 23.6. The summed E-state index contributed by atoms with van der Waals surface area (Å²) in [5.74, 6) is 0.431. The van der Waals surface area contributed by atoms with Crippen molar-refractivity contribution < 1.29 is 10.0 Å². The van der Waals surface area contributed by atoms with Crippen LogP contribution < -0.4 is 5.73 Å². The van der Waals surface area contributed by atoms with Crippen LogP contribution in [0, 0.1) is 6.92 Å². The van der Waals surface area contributed by atoms with E-state index in [0.29, 0.717) is 11.0 Å². The lowest BCUT2D eigenvalue weighted by Gasteiger charge is -2.39. The monoisotopic (exact) mass is 220 g/mol. The first kappa shape index (κ1) is 11.0. The van der Waals surface area contributed by atoms with Crippen molar-refractivity contribution in [3.8, 4) is 0 Å². The number of hydroxylamine groups is 2. The Morgan fingerprint density at radius 3 is 2.62 bits per heavy atom. The number of nitrogens with zero attached hydrogens (tertiary/aromatic N) is 1. The van der Waals surface area contributed by atoms with E-state index < -0.39 is 6.03 Å². The van der Waals surface area contributed by atoms with Gasteiger partial charge < -0.3 is 5.73 Å². The molecule has 1 aliphatic rings. The number of aryl methyl sites for hydroxylation is 1. The van der Waals surface area contributed by atoms with Gasteiger partial charge in [-0.1, -0.05) is 24.3 Å². The zero-order chi connectivity index (χ0) is 11.7. The van der Waals surface area contributed by atoms with E-state index in [1.54, 1.807) is 0 Å². The minimum atomic E-state index is -0.770. The Balaban J connectivity index is 1.99. The van der Waals surface area contributed by atoms with Crippen LogP contribution in [0.2, 0.25) is 0 Å². The highest BCUT2D eigenvalue weighted by molar-refractivity contribution is 5.71. The van der Waals surface area contributed by atoms with E-state index in [0.717, 1.165) is 12.8 Å². The zero-order valence-electron chi connectivity index (χ0n) is 9.26. The lowest BCUT2D eigenvalue weighted by atomic mass is 9.74. The Bertz CT molecular complexity index is 400. The number of hydrogen-bond donors (Lipinski definition) is 2. The van der Waals surface area contributed by atoms with E-state index >= 15 is 0 Å². The molecule has 0 aliphatic heterocycles. The van der Waals surface area contributed by atoms with Gasteiger partial charge in [0, 0.05) is 0 Å². The van der Waals surface area contributed by atoms with Crippen LogP contribution in [0.4, 0.5) is 4.79 Å². The van der Waals surface area contributed by atoms with Gasteiger partial charge >= 0.3 is 6.03 Å². The second-order valence-electron chi connectivity index (χ2n) is 4.36. The third-order valence-electron chi connectivity index (χ3n) is 3.31. The topological polar surface area (TPSA) is 66.6 Å². The highest BCUT2D eigenvalue weighted by Crippen LogP contribution is 2.40. The van der Waals surface area contributed by atoms with Crippen LogP contribution in [-0.2, 0) is 0 Å². The number of carbonyl (C=O) groups is 1. The molecule has 0 bridgehead atoms. The van der Waals surface area contributed by atoms with Gasteiger partial charge in [0.2, 0.25) is 0 Å². The molecule has 0 saturated heterocycles. The summed E-state index contributed by atoms with van der Waals surface area (Å²) in [5, 5.41) is 9.99. The summed E-state index contributed by atoms with van der Waals surface area (Å²) in [6.07, 6.45) is 1.56. The average molecular weight is 220 g/mol. The van der Waals surface area contributed by atoms with Gasteiger partial charge in [-0.15, -0.1) is 0 Å². The highest BCUT2D eigenvalue weighted by Gasteiger charge is 2.36. The molecular formula is C12H16N2O2.